The Morgan fingerprint density at radius 1 is 1.16 bits per heavy atom. The first kappa shape index (κ1) is 35.9. The van der Waals surface area contributed by atoms with Crippen molar-refractivity contribution >= 4 is 35.5 Å². The lowest BCUT2D eigenvalue weighted by atomic mass is 10.0. The molecule has 0 spiro atoms. The average Bonchev–Trinajstić information content (AvgIpc) is 2.99. The van der Waals surface area contributed by atoms with Crippen LogP contribution in [0.2, 0.25) is 0 Å². The van der Waals surface area contributed by atoms with Gasteiger partial charge in [-0.1, -0.05) is 12.1 Å². The summed E-state index contributed by atoms with van der Waals surface area (Å²) in [7, 11) is 1.56. The zero-order chi connectivity index (χ0) is 32.8. The molecule has 1 aromatic rings. The number of likely N-dealkylation sites (N-methyl/N-ethyl adjacent to an activating group) is 1. The normalized spacial score (nSPS) is 16.7. The molecule has 244 valence electrons. The van der Waals surface area contributed by atoms with E-state index in [4.69, 9.17) is 10.5 Å². The highest BCUT2D eigenvalue weighted by Crippen LogP contribution is 2.16. The molecule has 17 nitrogen and oxygen atoms in total. The quantitative estimate of drug-likeness (QED) is 0.0564. The van der Waals surface area contributed by atoms with Crippen molar-refractivity contribution < 1.29 is 49.0 Å². The Labute approximate surface area is 254 Å². The molecule has 5 amide bonds. The van der Waals surface area contributed by atoms with Crippen molar-refractivity contribution in [1.82, 2.24) is 31.4 Å². The summed E-state index contributed by atoms with van der Waals surface area (Å²) in [5.41, 5.74) is 5.63. The molecule has 0 radical (unpaired) electrons. The number of rotatable bonds is 16. The van der Waals surface area contributed by atoms with E-state index in [1.165, 1.54) is 31.2 Å². The zero-order valence-corrected chi connectivity index (χ0v) is 24.7. The second kappa shape index (κ2) is 17.7. The molecule has 1 heterocycles. The van der Waals surface area contributed by atoms with Gasteiger partial charge in [0.1, 0.15) is 36.0 Å². The number of nitrogens with one attached hydrogen (secondary N) is 4. The van der Waals surface area contributed by atoms with E-state index in [9.17, 15) is 44.3 Å². The number of benzene rings is 1. The van der Waals surface area contributed by atoms with Gasteiger partial charge >= 0.3 is 5.97 Å². The molecule has 1 aliphatic rings. The predicted octanol–water partition coefficient (Wildman–Crippen LogP) is -2.03. The molecule has 1 unspecified atom stereocenters. The molecule has 0 bridgehead atoms. The average molecular weight is 624 g/mol. The van der Waals surface area contributed by atoms with Crippen molar-refractivity contribution in [3.63, 3.8) is 0 Å². The fourth-order valence-corrected chi connectivity index (χ4v) is 4.17. The Bertz CT molecular complexity index is 1180. The number of phenolic OH excluding ortho intramolecular Hbond substituents is 1. The van der Waals surface area contributed by atoms with Crippen LogP contribution in [-0.2, 0) is 28.7 Å². The van der Waals surface area contributed by atoms with Gasteiger partial charge in [0, 0.05) is 26.1 Å². The van der Waals surface area contributed by atoms with Gasteiger partial charge in [-0.25, -0.2) is 14.9 Å². The maximum atomic E-state index is 12.5. The van der Waals surface area contributed by atoms with Crippen molar-refractivity contribution in [1.29, 1.82) is 0 Å². The van der Waals surface area contributed by atoms with E-state index >= 15 is 0 Å². The van der Waals surface area contributed by atoms with Crippen LogP contribution in [-0.4, -0.2) is 119 Å². The number of phenols is 1. The van der Waals surface area contributed by atoms with Crippen molar-refractivity contribution in [3.8, 4) is 5.75 Å². The number of nitrogens with zero attached hydrogens (tertiary/aromatic N) is 2. The Kier molecular flexibility index (Phi) is 14.4. The third-order valence-corrected chi connectivity index (χ3v) is 6.79. The summed E-state index contributed by atoms with van der Waals surface area (Å²) in [5, 5.41) is 40.6. The maximum Gasteiger partial charge on any atom is 0.341 e. The van der Waals surface area contributed by atoms with Gasteiger partial charge in [0.25, 0.3) is 5.91 Å². The van der Waals surface area contributed by atoms with Gasteiger partial charge in [-0.15, -0.1) is 0 Å². The maximum absolute atomic E-state index is 12.5. The lowest BCUT2D eigenvalue weighted by Crippen LogP contribution is -2.54. The number of piperidine rings is 1. The molecular formula is C27H41N7O10. The van der Waals surface area contributed by atoms with E-state index in [1.807, 2.05) is 0 Å². The first-order chi connectivity index (χ1) is 20.8. The summed E-state index contributed by atoms with van der Waals surface area (Å²) in [4.78, 5) is 73.4. The number of para-hydroxylation sites is 1. The highest BCUT2D eigenvalue weighted by molar-refractivity contribution is 5.93. The van der Waals surface area contributed by atoms with Crippen LogP contribution in [0.25, 0.3) is 0 Å². The van der Waals surface area contributed by atoms with Crippen molar-refractivity contribution in [2.24, 2.45) is 5.73 Å². The summed E-state index contributed by atoms with van der Waals surface area (Å²) in [6, 6.07) is 1.83. The molecule has 0 aromatic heterocycles. The largest absolute Gasteiger partial charge is 0.507 e. The van der Waals surface area contributed by atoms with Crippen molar-refractivity contribution in [3.05, 3.63) is 29.8 Å². The van der Waals surface area contributed by atoms with E-state index < -0.39 is 66.3 Å². The number of amides is 5. The van der Waals surface area contributed by atoms with Gasteiger partial charge in [0.2, 0.25) is 23.6 Å². The lowest BCUT2D eigenvalue weighted by Gasteiger charge is -2.29. The molecule has 1 aliphatic heterocycles. The number of hydrogen-bond donors (Lipinski definition) is 8. The molecule has 0 saturated carbocycles. The highest BCUT2D eigenvalue weighted by Gasteiger charge is 2.31. The Hall–Kier alpha value is -4.32. The number of carbonyl (C=O) groups is 6. The molecule has 2 rings (SSSR count). The lowest BCUT2D eigenvalue weighted by molar-refractivity contribution is -0.173. The topological polar surface area (TPSA) is 253 Å². The van der Waals surface area contributed by atoms with Gasteiger partial charge in [0.05, 0.1) is 6.04 Å². The molecular weight excluding hydrogens is 582 g/mol. The highest BCUT2D eigenvalue weighted by atomic mass is 16.5. The number of hydrogen-bond acceptors (Lipinski definition) is 12. The number of carbonyl (C=O) groups excluding carboxylic acids is 6. The van der Waals surface area contributed by atoms with Crippen LogP contribution in [0.5, 0.6) is 5.75 Å². The molecule has 1 aromatic carbocycles. The van der Waals surface area contributed by atoms with Gasteiger partial charge in [-0.3, -0.25) is 34.4 Å². The number of ether oxygens (including phenoxy) is 1. The van der Waals surface area contributed by atoms with E-state index in [2.05, 4.69) is 21.3 Å². The zero-order valence-electron chi connectivity index (χ0n) is 24.7. The first-order valence-corrected chi connectivity index (χ1v) is 14.1. The third kappa shape index (κ3) is 11.1. The van der Waals surface area contributed by atoms with Crippen LogP contribution in [0, 0.1) is 0 Å². The summed E-state index contributed by atoms with van der Waals surface area (Å²) >= 11 is 0. The second-order valence-corrected chi connectivity index (χ2v) is 10.2. The molecule has 44 heavy (non-hydrogen) atoms. The van der Waals surface area contributed by atoms with Crippen LogP contribution in [0.4, 0.5) is 0 Å². The third-order valence-electron chi connectivity index (χ3n) is 6.79. The SMILES string of the molecule is CN[C@@H](CCCN(O)C(=O)CCNC(=O)[C@H](C)NC(=O)[C@H](N)COC(=O)c1ccccc1O)C(=O)NC1CCCN(O)C1=O. The van der Waals surface area contributed by atoms with Gasteiger partial charge in [-0.05, 0) is 51.8 Å². The Morgan fingerprint density at radius 3 is 2.55 bits per heavy atom. The van der Waals surface area contributed by atoms with E-state index in [0.717, 1.165) is 0 Å². The summed E-state index contributed by atoms with van der Waals surface area (Å²) in [6.07, 6.45) is 1.18. The van der Waals surface area contributed by atoms with Gasteiger partial charge < -0.3 is 36.8 Å². The minimum absolute atomic E-state index is 0.0934. The molecule has 1 saturated heterocycles. The molecule has 1 fully saturated rings. The molecule has 17 heteroatoms. The Balaban J connectivity index is 1.65. The summed E-state index contributed by atoms with van der Waals surface area (Å²) in [6.45, 7) is 0.851. The smallest absolute Gasteiger partial charge is 0.341 e. The monoisotopic (exact) mass is 623 g/mol. The molecule has 4 atom stereocenters. The minimum Gasteiger partial charge on any atom is -0.507 e. The first-order valence-electron chi connectivity index (χ1n) is 14.1. The molecule has 0 aliphatic carbocycles. The summed E-state index contributed by atoms with van der Waals surface area (Å²) < 4.78 is 4.95. The minimum atomic E-state index is -1.29. The fraction of sp³-hybridized carbons (Fsp3) is 0.556. The number of nitrogens with two attached hydrogens (primary N) is 1. The van der Waals surface area contributed by atoms with Crippen LogP contribution in [0.15, 0.2) is 24.3 Å². The van der Waals surface area contributed by atoms with E-state index in [-0.39, 0.29) is 50.2 Å². The van der Waals surface area contributed by atoms with Crippen molar-refractivity contribution in [2.45, 2.75) is 63.2 Å². The van der Waals surface area contributed by atoms with Crippen LogP contribution in [0.1, 0.15) is 49.4 Å². The van der Waals surface area contributed by atoms with Gasteiger partial charge in [-0.2, -0.15) is 0 Å². The number of hydroxylamine groups is 4. The summed E-state index contributed by atoms with van der Waals surface area (Å²) in [5.74, 6) is -4.28. The van der Waals surface area contributed by atoms with E-state index in [0.29, 0.717) is 23.0 Å². The van der Waals surface area contributed by atoms with Gasteiger partial charge in [0.15, 0.2) is 0 Å². The molecule has 9 N–H and O–H groups in total. The van der Waals surface area contributed by atoms with Crippen LogP contribution >= 0.6 is 0 Å². The van der Waals surface area contributed by atoms with Crippen LogP contribution in [0.3, 0.4) is 0 Å². The predicted molar refractivity (Wildman–Crippen MR) is 152 cm³/mol. The second-order valence-electron chi connectivity index (χ2n) is 10.2. The van der Waals surface area contributed by atoms with Crippen LogP contribution < -0.4 is 27.0 Å². The standard InChI is InChI=1S/C27H41N7O10/c1-16(31-24(38)18(28)15-44-27(41)17-7-3-4-10-21(17)35)23(37)30-12-11-22(36)33(42)13-5-8-19(29-2)25(39)32-20-9-6-14-34(43)26(20)40/h3-4,7,10,16,18-20,29,35,42-43H,5-6,8-9,11-15,28H2,1-2H3,(H,30,37)(H,31,38)(H,32,39)/t16-,18+,19-,20?/m0/s1. The fourth-order valence-electron chi connectivity index (χ4n) is 4.17. The number of esters is 1. The van der Waals surface area contributed by atoms with E-state index in [1.54, 1.807) is 7.05 Å². The van der Waals surface area contributed by atoms with Crippen molar-refractivity contribution in [2.75, 3.05) is 33.3 Å². The number of aromatic hydroxyl groups is 1. The Morgan fingerprint density at radius 2 is 1.86 bits per heavy atom.